The Morgan fingerprint density at radius 2 is 1.73 bits per heavy atom. The second kappa shape index (κ2) is 8.87. The van der Waals surface area contributed by atoms with Crippen LogP contribution in [0.5, 0.6) is 0 Å². The third-order valence-electron chi connectivity index (χ3n) is 5.55. The van der Waals surface area contributed by atoms with Crippen LogP contribution in [0.2, 0.25) is 5.02 Å². The van der Waals surface area contributed by atoms with Crippen LogP contribution in [-0.2, 0) is 4.79 Å². The molecule has 1 aromatic rings. The third-order valence-corrected chi connectivity index (χ3v) is 5.80. The lowest BCUT2D eigenvalue weighted by Crippen LogP contribution is -2.58. The fourth-order valence-electron chi connectivity index (χ4n) is 4.21. The zero-order valence-corrected chi connectivity index (χ0v) is 16.2. The van der Waals surface area contributed by atoms with Crippen LogP contribution in [0.1, 0.15) is 43.0 Å². The van der Waals surface area contributed by atoms with Gasteiger partial charge in [0.1, 0.15) is 0 Å². The molecule has 2 amide bonds. The van der Waals surface area contributed by atoms with Gasteiger partial charge in [-0.05, 0) is 49.9 Å². The zero-order chi connectivity index (χ0) is 18.5. The topological polar surface area (TPSA) is 52.7 Å². The summed E-state index contributed by atoms with van der Waals surface area (Å²) >= 11 is 5.90. The second-order valence-electron chi connectivity index (χ2n) is 7.22. The molecule has 0 unspecified atom stereocenters. The number of piperazine rings is 1. The van der Waals surface area contributed by atoms with Crippen molar-refractivity contribution >= 4 is 23.4 Å². The van der Waals surface area contributed by atoms with Crippen molar-refractivity contribution in [2.24, 2.45) is 5.92 Å². The van der Waals surface area contributed by atoms with E-state index in [2.05, 4.69) is 10.2 Å². The van der Waals surface area contributed by atoms with Gasteiger partial charge in [0, 0.05) is 43.3 Å². The lowest BCUT2D eigenvalue weighted by Gasteiger charge is -2.40. The van der Waals surface area contributed by atoms with E-state index < -0.39 is 0 Å². The van der Waals surface area contributed by atoms with E-state index in [1.54, 1.807) is 24.3 Å². The maximum atomic E-state index is 12.7. The molecule has 2 fully saturated rings. The zero-order valence-electron chi connectivity index (χ0n) is 15.4. The Morgan fingerprint density at radius 3 is 2.31 bits per heavy atom. The molecule has 0 bridgehead atoms. The van der Waals surface area contributed by atoms with Crippen molar-refractivity contribution in [3.05, 3.63) is 34.9 Å². The average Bonchev–Trinajstić information content (AvgIpc) is 3.17. The summed E-state index contributed by atoms with van der Waals surface area (Å²) in [7, 11) is 0. The van der Waals surface area contributed by atoms with Crippen LogP contribution in [-0.4, -0.2) is 60.4 Å². The number of carbonyl (C=O) groups is 2. The largest absolute Gasteiger partial charge is 0.355 e. The Bertz CT molecular complexity index is 620. The minimum absolute atomic E-state index is 0.0387. The molecule has 2 aliphatic rings. The van der Waals surface area contributed by atoms with E-state index >= 15 is 0 Å². The van der Waals surface area contributed by atoms with Gasteiger partial charge >= 0.3 is 0 Å². The van der Waals surface area contributed by atoms with Gasteiger partial charge in [-0.2, -0.15) is 0 Å². The van der Waals surface area contributed by atoms with Crippen LogP contribution < -0.4 is 5.32 Å². The van der Waals surface area contributed by atoms with Gasteiger partial charge in [-0.25, -0.2) is 0 Å². The molecule has 3 rings (SSSR count). The van der Waals surface area contributed by atoms with Crippen LogP contribution in [0.25, 0.3) is 0 Å². The molecule has 5 nitrogen and oxygen atoms in total. The predicted molar refractivity (Wildman–Crippen MR) is 103 cm³/mol. The van der Waals surface area contributed by atoms with Crippen molar-refractivity contribution in [3.63, 3.8) is 0 Å². The average molecular weight is 378 g/mol. The number of benzene rings is 1. The number of rotatable bonds is 5. The summed E-state index contributed by atoms with van der Waals surface area (Å²) in [6.45, 7) is 5.44. The van der Waals surface area contributed by atoms with E-state index in [-0.39, 0.29) is 17.9 Å². The van der Waals surface area contributed by atoms with E-state index in [0.29, 0.717) is 36.1 Å². The first-order valence-corrected chi connectivity index (χ1v) is 10.0. The van der Waals surface area contributed by atoms with Crippen molar-refractivity contribution in [2.75, 3.05) is 32.7 Å². The molecule has 0 radical (unpaired) electrons. The summed E-state index contributed by atoms with van der Waals surface area (Å²) in [6, 6.07) is 6.98. The highest BCUT2D eigenvalue weighted by molar-refractivity contribution is 6.30. The first-order chi connectivity index (χ1) is 12.6. The van der Waals surface area contributed by atoms with Crippen LogP contribution in [0.15, 0.2) is 24.3 Å². The molecule has 1 saturated carbocycles. The van der Waals surface area contributed by atoms with Crippen molar-refractivity contribution in [3.8, 4) is 0 Å². The highest BCUT2D eigenvalue weighted by Gasteiger charge is 2.37. The van der Waals surface area contributed by atoms with E-state index in [4.69, 9.17) is 11.6 Å². The monoisotopic (exact) mass is 377 g/mol. The van der Waals surface area contributed by atoms with Crippen LogP contribution in [0, 0.1) is 5.92 Å². The number of carbonyl (C=O) groups excluding carboxylic acids is 2. The standard InChI is InChI=1S/C20H28ClN3O2/c1-2-22-19(25)18(15-5-3-4-6-15)23-11-13-24(14-12-23)20(26)16-7-9-17(21)10-8-16/h7-10,15,18H,2-6,11-14H2,1H3,(H,22,25)/t18-/m0/s1. The summed E-state index contributed by atoms with van der Waals surface area (Å²) < 4.78 is 0. The molecule has 142 valence electrons. The van der Waals surface area contributed by atoms with Gasteiger partial charge in [0.2, 0.25) is 5.91 Å². The highest BCUT2D eigenvalue weighted by atomic mass is 35.5. The van der Waals surface area contributed by atoms with Crippen molar-refractivity contribution < 1.29 is 9.59 Å². The number of nitrogens with one attached hydrogen (secondary N) is 1. The maximum Gasteiger partial charge on any atom is 0.253 e. The van der Waals surface area contributed by atoms with Crippen molar-refractivity contribution in [2.45, 2.75) is 38.6 Å². The van der Waals surface area contributed by atoms with Gasteiger partial charge in [-0.1, -0.05) is 24.4 Å². The Morgan fingerprint density at radius 1 is 1.12 bits per heavy atom. The Hall–Kier alpha value is -1.59. The molecular weight excluding hydrogens is 350 g/mol. The normalized spacial score (nSPS) is 20.2. The minimum atomic E-state index is -0.0507. The number of amides is 2. The Balaban J connectivity index is 1.62. The number of hydrogen-bond donors (Lipinski definition) is 1. The van der Waals surface area contributed by atoms with Gasteiger partial charge in [0.25, 0.3) is 5.91 Å². The van der Waals surface area contributed by atoms with Crippen LogP contribution >= 0.6 is 11.6 Å². The molecule has 1 heterocycles. The molecule has 0 aromatic heterocycles. The smallest absolute Gasteiger partial charge is 0.253 e. The molecular formula is C20H28ClN3O2. The lowest BCUT2D eigenvalue weighted by molar-refractivity contribution is -0.129. The predicted octanol–water partition coefficient (Wildman–Crippen LogP) is 2.79. The van der Waals surface area contributed by atoms with Crippen LogP contribution in [0.4, 0.5) is 0 Å². The fraction of sp³-hybridized carbons (Fsp3) is 0.600. The molecule has 26 heavy (non-hydrogen) atoms. The molecule has 1 saturated heterocycles. The SMILES string of the molecule is CCNC(=O)[C@H](C1CCCC1)N1CCN(C(=O)c2ccc(Cl)cc2)CC1. The number of nitrogens with zero attached hydrogens (tertiary/aromatic N) is 2. The fourth-order valence-corrected chi connectivity index (χ4v) is 4.33. The van der Waals surface area contributed by atoms with Gasteiger partial charge in [0.05, 0.1) is 6.04 Å². The number of likely N-dealkylation sites (N-methyl/N-ethyl adjacent to an activating group) is 1. The van der Waals surface area contributed by atoms with E-state index in [1.165, 1.54) is 12.8 Å². The Labute approximate surface area is 160 Å². The molecule has 1 aliphatic carbocycles. The van der Waals surface area contributed by atoms with Gasteiger partial charge in [-0.3, -0.25) is 14.5 Å². The summed E-state index contributed by atoms with van der Waals surface area (Å²) in [5.41, 5.74) is 0.666. The Kier molecular flexibility index (Phi) is 6.54. The maximum absolute atomic E-state index is 12.7. The molecule has 1 aliphatic heterocycles. The summed E-state index contributed by atoms with van der Waals surface area (Å²) in [5.74, 6) is 0.633. The first-order valence-electron chi connectivity index (χ1n) is 9.66. The summed E-state index contributed by atoms with van der Waals surface area (Å²) in [5, 5.41) is 3.64. The molecule has 1 aromatic carbocycles. The summed E-state index contributed by atoms with van der Waals surface area (Å²) in [4.78, 5) is 29.5. The van der Waals surface area contributed by atoms with Gasteiger partial charge < -0.3 is 10.2 Å². The van der Waals surface area contributed by atoms with Crippen molar-refractivity contribution in [1.82, 2.24) is 15.1 Å². The lowest BCUT2D eigenvalue weighted by atomic mass is 9.95. The third kappa shape index (κ3) is 4.38. The molecule has 1 N–H and O–H groups in total. The quantitative estimate of drug-likeness (QED) is 0.858. The van der Waals surface area contributed by atoms with E-state index in [1.807, 2.05) is 11.8 Å². The molecule has 0 spiro atoms. The van der Waals surface area contributed by atoms with Gasteiger partial charge in [-0.15, -0.1) is 0 Å². The van der Waals surface area contributed by atoms with Crippen LogP contribution in [0.3, 0.4) is 0 Å². The molecule has 6 heteroatoms. The van der Waals surface area contributed by atoms with E-state index in [9.17, 15) is 9.59 Å². The second-order valence-corrected chi connectivity index (χ2v) is 7.66. The van der Waals surface area contributed by atoms with E-state index in [0.717, 1.165) is 25.9 Å². The highest BCUT2D eigenvalue weighted by Crippen LogP contribution is 2.31. The van der Waals surface area contributed by atoms with Gasteiger partial charge in [0.15, 0.2) is 0 Å². The first kappa shape index (κ1) is 19.2. The number of hydrogen-bond acceptors (Lipinski definition) is 3. The number of halogens is 1. The summed E-state index contributed by atoms with van der Waals surface area (Å²) in [6.07, 6.45) is 4.70. The molecule has 1 atom stereocenters. The van der Waals surface area contributed by atoms with Crippen molar-refractivity contribution in [1.29, 1.82) is 0 Å². The minimum Gasteiger partial charge on any atom is -0.355 e.